The fraction of sp³-hybridized carbons (Fsp3) is 0.389. The number of aliphatic hydroxyl groups is 1. The molecule has 2 aromatic rings. The molecule has 2 heterocycles. The summed E-state index contributed by atoms with van der Waals surface area (Å²) in [5.41, 5.74) is -0.423. The van der Waals surface area contributed by atoms with Crippen molar-refractivity contribution >= 4 is 5.91 Å². The van der Waals surface area contributed by atoms with Gasteiger partial charge in [-0.3, -0.25) is 9.59 Å². The highest BCUT2D eigenvalue weighted by atomic mass is 19.1. The summed E-state index contributed by atoms with van der Waals surface area (Å²) in [6.07, 6.45) is 1.68. The van der Waals surface area contributed by atoms with Crippen LogP contribution in [0.3, 0.4) is 0 Å². The van der Waals surface area contributed by atoms with E-state index in [1.165, 1.54) is 30.3 Å². The first kappa shape index (κ1) is 17.3. The number of likely N-dealkylation sites (tertiary alicyclic amines) is 1. The van der Waals surface area contributed by atoms with Crippen molar-refractivity contribution in [3.05, 3.63) is 58.3 Å². The number of halogens is 1. The number of hydrogen-bond donors (Lipinski definition) is 1. The Balaban J connectivity index is 1.93. The lowest BCUT2D eigenvalue weighted by Gasteiger charge is -2.25. The third kappa shape index (κ3) is 3.61. The molecular weight excluding hydrogens is 325 g/mol. The molecule has 1 aliphatic heterocycles. The molecule has 1 N–H and O–H groups in total. The van der Waals surface area contributed by atoms with Gasteiger partial charge in [-0.25, -0.2) is 4.39 Å². The van der Waals surface area contributed by atoms with E-state index in [-0.39, 0.29) is 23.3 Å². The van der Waals surface area contributed by atoms with Crippen molar-refractivity contribution in [2.45, 2.75) is 38.3 Å². The van der Waals surface area contributed by atoms with Gasteiger partial charge in [0.15, 0.2) is 0 Å². The smallest absolute Gasteiger partial charge is 0.274 e. The van der Waals surface area contributed by atoms with Crippen LogP contribution >= 0.6 is 0 Å². The lowest BCUT2D eigenvalue weighted by Crippen LogP contribution is -2.38. The molecule has 1 saturated heterocycles. The fourth-order valence-corrected chi connectivity index (χ4v) is 3.21. The minimum absolute atomic E-state index is 0.00380. The van der Waals surface area contributed by atoms with E-state index in [4.69, 9.17) is 0 Å². The predicted molar refractivity (Wildman–Crippen MR) is 90.1 cm³/mol. The van der Waals surface area contributed by atoms with E-state index < -0.39 is 17.5 Å². The molecule has 2 unspecified atom stereocenters. The van der Waals surface area contributed by atoms with Crippen LogP contribution in [0.25, 0.3) is 5.69 Å². The second-order valence-electron chi connectivity index (χ2n) is 6.30. The summed E-state index contributed by atoms with van der Waals surface area (Å²) >= 11 is 0. The van der Waals surface area contributed by atoms with Crippen LogP contribution in [0.15, 0.2) is 41.2 Å². The third-order valence-electron chi connectivity index (χ3n) is 4.35. The Bertz CT molecular complexity index is 834. The van der Waals surface area contributed by atoms with Crippen LogP contribution in [0.1, 0.15) is 36.7 Å². The molecule has 0 spiro atoms. The summed E-state index contributed by atoms with van der Waals surface area (Å²) in [5.74, 6) is -0.900. The van der Waals surface area contributed by atoms with Crippen molar-refractivity contribution in [3.8, 4) is 5.69 Å². The Labute approximate surface area is 144 Å². The zero-order valence-corrected chi connectivity index (χ0v) is 13.9. The van der Waals surface area contributed by atoms with E-state index in [0.717, 1.165) is 17.5 Å². The van der Waals surface area contributed by atoms with E-state index in [2.05, 4.69) is 5.10 Å². The first-order valence-corrected chi connectivity index (χ1v) is 8.31. The number of benzene rings is 1. The first-order valence-electron chi connectivity index (χ1n) is 8.31. The van der Waals surface area contributed by atoms with Crippen LogP contribution in [0, 0.1) is 5.82 Å². The molecule has 132 valence electrons. The van der Waals surface area contributed by atoms with Gasteiger partial charge in [0.25, 0.3) is 11.5 Å². The maximum Gasteiger partial charge on any atom is 0.274 e. The van der Waals surface area contributed by atoms with Gasteiger partial charge in [-0.05, 0) is 44.4 Å². The zero-order valence-electron chi connectivity index (χ0n) is 13.9. The minimum Gasteiger partial charge on any atom is -0.393 e. The number of para-hydroxylation sites is 1. The van der Waals surface area contributed by atoms with Crippen LogP contribution in [-0.2, 0) is 0 Å². The van der Waals surface area contributed by atoms with Crippen LogP contribution in [0.4, 0.5) is 4.39 Å². The normalized spacial score (nSPS) is 18.4. The van der Waals surface area contributed by atoms with E-state index in [1.54, 1.807) is 17.9 Å². The van der Waals surface area contributed by atoms with Gasteiger partial charge >= 0.3 is 0 Å². The third-order valence-corrected chi connectivity index (χ3v) is 4.35. The molecule has 0 bridgehead atoms. The second kappa shape index (κ2) is 7.14. The number of amides is 1. The van der Waals surface area contributed by atoms with Crippen molar-refractivity contribution in [3.63, 3.8) is 0 Å². The Morgan fingerprint density at radius 1 is 1.36 bits per heavy atom. The van der Waals surface area contributed by atoms with E-state index in [9.17, 15) is 19.1 Å². The first-order chi connectivity index (χ1) is 12.0. The average molecular weight is 345 g/mol. The Kier molecular flexibility index (Phi) is 4.94. The van der Waals surface area contributed by atoms with Gasteiger partial charge in [0, 0.05) is 18.7 Å². The summed E-state index contributed by atoms with van der Waals surface area (Å²) < 4.78 is 14.9. The number of aliphatic hydroxyl groups excluding tert-OH is 1. The van der Waals surface area contributed by atoms with Crippen LogP contribution in [-0.4, -0.2) is 44.4 Å². The Morgan fingerprint density at radius 3 is 2.84 bits per heavy atom. The highest BCUT2D eigenvalue weighted by molar-refractivity contribution is 5.92. The van der Waals surface area contributed by atoms with E-state index in [0.29, 0.717) is 13.0 Å². The molecule has 6 nitrogen and oxygen atoms in total. The van der Waals surface area contributed by atoms with Gasteiger partial charge in [-0.15, -0.1) is 0 Å². The van der Waals surface area contributed by atoms with Crippen LogP contribution in [0.2, 0.25) is 0 Å². The molecule has 1 aliphatic rings. The quantitative estimate of drug-likeness (QED) is 0.916. The molecule has 3 rings (SSSR count). The molecule has 1 aromatic carbocycles. The Hall–Kier alpha value is -2.54. The van der Waals surface area contributed by atoms with Crippen LogP contribution in [0.5, 0.6) is 0 Å². The number of carbonyl (C=O) groups is 1. The topological polar surface area (TPSA) is 75.4 Å². The minimum atomic E-state index is -0.588. The maximum atomic E-state index is 14.0. The highest BCUT2D eigenvalue weighted by Crippen LogP contribution is 2.23. The van der Waals surface area contributed by atoms with Crippen molar-refractivity contribution in [1.29, 1.82) is 0 Å². The summed E-state index contributed by atoms with van der Waals surface area (Å²) in [7, 11) is 0. The number of carbonyl (C=O) groups excluding carboxylic acids is 1. The van der Waals surface area contributed by atoms with Gasteiger partial charge < -0.3 is 10.0 Å². The van der Waals surface area contributed by atoms with Gasteiger partial charge in [-0.2, -0.15) is 9.78 Å². The largest absolute Gasteiger partial charge is 0.393 e. The van der Waals surface area contributed by atoms with Gasteiger partial charge in [0.2, 0.25) is 0 Å². The summed E-state index contributed by atoms with van der Waals surface area (Å²) in [6.45, 7) is 2.27. The Morgan fingerprint density at radius 2 is 2.12 bits per heavy atom. The van der Waals surface area contributed by atoms with Crippen molar-refractivity contribution in [2.24, 2.45) is 0 Å². The molecule has 25 heavy (non-hydrogen) atoms. The van der Waals surface area contributed by atoms with Crippen molar-refractivity contribution in [2.75, 3.05) is 6.54 Å². The lowest BCUT2D eigenvalue weighted by atomic mass is 10.1. The summed E-state index contributed by atoms with van der Waals surface area (Å²) in [4.78, 5) is 26.5. The maximum absolute atomic E-state index is 14.0. The SMILES string of the molecule is CC(O)CC1CCCN1C(=O)c1ccc(=O)n(-c2ccccc2F)n1. The van der Waals surface area contributed by atoms with E-state index >= 15 is 0 Å². The van der Waals surface area contributed by atoms with Gasteiger partial charge in [-0.1, -0.05) is 12.1 Å². The molecule has 1 aromatic heterocycles. The molecule has 1 amide bonds. The molecule has 7 heteroatoms. The van der Waals surface area contributed by atoms with Gasteiger partial charge in [0.1, 0.15) is 17.2 Å². The van der Waals surface area contributed by atoms with E-state index in [1.807, 2.05) is 0 Å². The lowest BCUT2D eigenvalue weighted by molar-refractivity contribution is 0.0674. The molecule has 0 aliphatic carbocycles. The number of rotatable bonds is 4. The van der Waals surface area contributed by atoms with Crippen LogP contribution < -0.4 is 5.56 Å². The monoisotopic (exact) mass is 345 g/mol. The fourth-order valence-electron chi connectivity index (χ4n) is 3.21. The molecule has 0 radical (unpaired) electrons. The molecule has 0 saturated carbocycles. The second-order valence-corrected chi connectivity index (χ2v) is 6.30. The molecule has 2 atom stereocenters. The number of aromatic nitrogens is 2. The zero-order chi connectivity index (χ0) is 18.0. The number of nitrogens with zero attached hydrogens (tertiary/aromatic N) is 3. The van der Waals surface area contributed by atoms with Crippen molar-refractivity contribution in [1.82, 2.24) is 14.7 Å². The van der Waals surface area contributed by atoms with Gasteiger partial charge in [0.05, 0.1) is 6.10 Å². The standard InChI is InChI=1S/C18H20FN3O3/c1-12(23)11-13-5-4-10-21(13)18(25)15-8-9-17(24)22(20-15)16-7-3-2-6-14(16)19/h2-3,6-9,12-13,23H,4-5,10-11H2,1H3. The van der Waals surface area contributed by atoms with Crippen molar-refractivity contribution < 1.29 is 14.3 Å². The molecule has 1 fully saturated rings. The summed E-state index contributed by atoms with van der Waals surface area (Å²) in [5, 5.41) is 13.7. The highest BCUT2D eigenvalue weighted by Gasteiger charge is 2.31. The summed E-state index contributed by atoms with van der Waals surface area (Å²) in [6, 6.07) is 8.31. The average Bonchev–Trinajstić information content (AvgIpc) is 3.03. The molecular formula is C18H20FN3O3. The predicted octanol–water partition coefficient (Wildman–Crippen LogP) is 1.75. The number of hydrogen-bond acceptors (Lipinski definition) is 4.